The maximum atomic E-state index is 13.5. The number of allylic oxidation sites excluding steroid dienone is 2. The summed E-state index contributed by atoms with van der Waals surface area (Å²) >= 11 is 6.03. The first-order valence-corrected chi connectivity index (χ1v) is 9.58. The fourth-order valence-corrected chi connectivity index (χ4v) is 3.57. The molecule has 0 atom stereocenters. The molecule has 0 bridgehead atoms. The van der Waals surface area contributed by atoms with Crippen LogP contribution in [-0.4, -0.2) is 50.8 Å². The van der Waals surface area contributed by atoms with Gasteiger partial charge in [0.2, 0.25) is 0 Å². The molecule has 1 fully saturated rings. The van der Waals surface area contributed by atoms with Crippen LogP contribution < -0.4 is 4.90 Å². The number of halogens is 3. The fourth-order valence-electron chi connectivity index (χ4n) is 3.42. The Morgan fingerprint density at radius 3 is 2.81 bits per heavy atom. The van der Waals surface area contributed by atoms with E-state index >= 15 is 0 Å². The molecule has 11 heteroatoms. The summed E-state index contributed by atoms with van der Waals surface area (Å²) in [6.45, 7) is 5.85. The average Bonchev–Trinajstić information content (AvgIpc) is 3.06. The molecule has 0 aromatic carbocycles. The van der Waals surface area contributed by atoms with Crippen LogP contribution in [0.25, 0.3) is 11.7 Å². The Morgan fingerprint density at radius 2 is 2.19 bits per heavy atom. The molecule has 4 rings (SSSR count). The van der Waals surface area contributed by atoms with Crippen molar-refractivity contribution in [2.24, 2.45) is 9.98 Å². The van der Waals surface area contributed by atoms with Crippen molar-refractivity contribution in [2.45, 2.75) is 19.5 Å². The van der Waals surface area contributed by atoms with E-state index in [1.165, 1.54) is 16.9 Å². The average molecular weight is 444 g/mol. The number of alkyl halides is 2. The number of anilines is 1. The van der Waals surface area contributed by atoms with Crippen LogP contribution >= 0.6 is 11.6 Å². The number of rotatable bonds is 4. The molecule has 4 heterocycles. The second-order valence-electron chi connectivity index (χ2n) is 6.92. The van der Waals surface area contributed by atoms with E-state index in [1.807, 2.05) is 0 Å². The number of nitrogens with zero attached hydrogens (tertiary/aromatic N) is 7. The minimum absolute atomic E-state index is 0.0314. The fraction of sp³-hybridized carbons (Fsp3) is 0.250. The lowest BCUT2D eigenvalue weighted by molar-refractivity contribution is 0.139. The molecule has 2 aromatic heterocycles. The number of dihydropyridines is 1. The molecule has 0 amide bonds. The van der Waals surface area contributed by atoms with Gasteiger partial charge in [0.15, 0.2) is 5.65 Å². The van der Waals surface area contributed by atoms with Gasteiger partial charge in [-0.2, -0.15) is 14.9 Å². The van der Waals surface area contributed by atoms with Gasteiger partial charge in [-0.05, 0) is 19.1 Å². The normalized spacial score (nSPS) is 19.3. The number of aliphatic hydroxyl groups is 1. The largest absolute Gasteiger partial charge is 0.389 e. The SMILES string of the molecule is C=CN=C1C=C(Cl)C=N/C1=C\c1c(C)nc2c(C#N)c(C(F)F)nn2c1N1CC(O)C1. The summed E-state index contributed by atoms with van der Waals surface area (Å²) in [6.07, 6.45) is 2.63. The van der Waals surface area contributed by atoms with Gasteiger partial charge in [0.1, 0.15) is 23.1 Å². The summed E-state index contributed by atoms with van der Waals surface area (Å²) in [5.41, 5.74) is 1.05. The Labute approximate surface area is 180 Å². The van der Waals surface area contributed by atoms with Crippen molar-refractivity contribution in [3.63, 3.8) is 0 Å². The maximum Gasteiger partial charge on any atom is 0.283 e. The topological polar surface area (TPSA) is 102 Å². The number of aromatic nitrogens is 3. The van der Waals surface area contributed by atoms with Crippen LogP contribution in [0.1, 0.15) is 28.9 Å². The van der Waals surface area contributed by atoms with Crippen molar-refractivity contribution in [1.82, 2.24) is 14.6 Å². The Balaban J connectivity index is 2.00. The zero-order chi connectivity index (χ0) is 22.3. The highest BCUT2D eigenvalue weighted by molar-refractivity contribution is 6.42. The smallest absolute Gasteiger partial charge is 0.283 e. The van der Waals surface area contributed by atoms with Crippen molar-refractivity contribution in [1.29, 1.82) is 5.26 Å². The van der Waals surface area contributed by atoms with E-state index < -0.39 is 18.2 Å². The van der Waals surface area contributed by atoms with Gasteiger partial charge in [0, 0.05) is 31.1 Å². The van der Waals surface area contributed by atoms with Crippen LogP contribution in [0.2, 0.25) is 0 Å². The van der Waals surface area contributed by atoms with E-state index in [0.29, 0.717) is 33.5 Å². The van der Waals surface area contributed by atoms with E-state index in [9.17, 15) is 19.1 Å². The highest BCUT2D eigenvalue weighted by atomic mass is 35.5. The van der Waals surface area contributed by atoms with Crippen molar-refractivity contribution in [3.8, 4) is 6.07 Å². The maximum absolute atomic E-state index is 13.5. The van der Waals surface area contributed by atoms with Crippen LogP contribution in [-0.2, 0) is 0 Å². The Morgan fingerprint density at radius 1 is 1.45 bits per heavy atom. The molecule has 2 aromatic rings. The summed E-state index contributed by atoms with van der Waals surface area (Å²) in [4.78, 5) is 14.6. The number of fused-ring (bicyclic) bond motifs is 1. The molecule has 1 N–H and O–H groups in total. The molecule has 158 valence electrons. The standard InChI is InChI=1S/C20H16ClF2N7O/c1-3-25-15-4-11(21)7-26-16(15)5-13-10(2)27-19-14(6-24)17(18(22)23)28-30(19)20(13)29-8-12(31)9-29/h3-5,7,12,18,31H,1,8-9H2,2H3/b16-5-,25-15?. The van der Waals surface area contributed by atoms with E-state index in [0.717, 1.165) is 0 Å². The molecule has 0 saturated carbocycles. The van der Waals surface area contributed by atoms with E-state index in [1.54, 1.807) is 30.0 Å². The summed E-state index contributed by atoms with van der Waals surface area (Å²) < 4.78 is 28.2. The van der Waals surface area contributed by atoms with Gasteiger partial charge >= 0.3 is 0 Å². The number of β-amino-alcohol motifs (C(OH)–C–C–N with tert-alkyl or cyclic N) is 1. The second-order valence-corrected chi connectivity index (χ2v) is 7.35. The summed E-state index contributed by atoms with van der Waals surface area (Å²) in [6, 6.07) is 1.78. The van der Waals surface area contributed by atoms with Crippen LogP contribution in [0.5, 0.6) is 0 Å². The lowest BCUT2D eigenvalue weighted by Gasteiger charge is -2.38. The molecular formula is C20H16ClF2N7O. The zero-order valence-electron chi connectivity index (χ0n) is 16.3. The number of aliphatic hydroxyl groups excluding tert-OH is 1. The summed E-state index contributed by atoms with van der Waals surface area (Å²) in [5, 5.41) is 23.6. The van der Waals surface area contributed by atoms with E-state index in [-0.39, 0.29) is 24.3 Å². The number of hydrogen-bond acceptors (Lipinski definition) is 7. The van der Waals surface area contributed by atoms with Crippen molar-refractivity contribution in [2.75, 3.05) is 18.0 Å². The molecule has 0 aliphatic carbocycles. The predicted molar refractivity (Wildman–Crippen MR) is 114 cm³/mol. The number of hydrogen-bond donors (Lipinski definition) is 1. The lowest BCUT2D eigenvalue weighted by atomic mass is 10.1. The minimum atomic E-state index is -2.94. The van der Waals surface area contributed by atoms with Crippen LogP contribution in [0.4, 0.5) is 14.6 Å². The molecule has 8 nitrogen and oxygen atoms in total. The molecule has 0 spiro atoms. The van der Waals surface area contributed by atoms with Crippen molar-refractivity contribution >= 4 is 41.1 Å². The monoisotopic (exact) mass is 443 g/mol. The third kappa shape index (κ3) is 3.62. The quantitative estimate of drug-likeness (QED) is 0.782. The summed E-state index contributed by atoms with van der Waals surface area (Å²) in [7, 11) is 0. The first-order chi connectivity index (χ1) is 14.8. The molecule has 2 aliphatic rings. The van der Waals surface area contributed by atoms with Gasteiger partial charge in [0.25, 0.3) is 6.43 Å². The van der Waals surface area contributed by atoms with Gasteiger partial charge in [0.05, 0.1) is 28.2 Å². The first-order valence-electron chi connectivity index (χ1n) is 9.20. The van der Waals surface area contributed by atoms with Crippen molar-refractivity contribution in [3.05, 3.63) is 52.1 Å². The van der Waals surface area contributed by atoms with E-state index in [2.05, 4.69) is 26.6 Å². The Hall–Kier alpha value is -3.42. The number of aliphatic imine (C=N–C) groups is 2. The molecule has 31 heavy (non-hydrogen) atoms. The van der Waals surface area contributed by atoms with Gasteiger partial charge < -0.3 is 10.0 Å². The molecular weight excluding hydrogens is 428 g/mol. The minimum Gasteiger partial charge on any atom is -0.389 e. The van der Waals surface area contributed by atoms with Crippen molar-refractivity contribution < 1.29 is 13.9 Å². The summed E-state index contributed by atoms with van der Waals surface area (Å²) in [5.74, 6) is 0.428. The Kier molecular flexibility index (Phi) is 5.39. The highest BCUT2D eigenvalue weighted by Crippen LogP contribution is 2.34. The third-order valence-corrected chi connectivity index (χ3v) is 5.06. The molecule has 2 aliphatic heterocycles. The number of nitriles is 1. The van der Waals surface area contributed by atoms with E-state index in [4.69, 9.17) is 11.6 Å². The highest BCUT2D eigenvalue weighted by Gasteiger charge is 2.32. The first kappa shape index (κ1) is 20.8. The van der Waals surface area contributed by atoms with Gasteiger partial charge in [-0.1, -0.05) is 18.2 Å². The van der Waals surface area contributed by atoms with Crippen LogP contribution in [0, 0.1) is 18.3 Å². The molecule has 1 saturated heterocycles. The molecule has 0 radical (unpaired) electrons. The lowest BCUT2D eigenvalue weighted by Crippen LogP contribution is -2.52. The Bertz CT molecular complexity index is 1250. The van der Waals surface area contributed by atoms with Crippen LogP contribution in [0.3, 0.4) is 0 Å². The second kappa shape index (κ2) is 8.02. The van der Waals surface area contributed by atoms with Crippen LogP contribution in [0.15, 0.2) is 39.6 Å². The third-order valence-electron chi connectivity index (χ3n) is 4.85. The van der Waals surface area contributed by atoms with Gasteiger partial charge in [-0.15, -0.1) is 0 Å². The number of aryl methyl sites for hydroxylation is 1. The van der Waals surface area contributed by atoms with Gasteiger partial charge in [-0.3, -0.25) is 9.98 Å². The van der Waals surface area contributed by atoms with Gasteiger partial charge in [-0.25, -0.2) is 13.8 Å². The molecule has 0 unspecified atom stereocenters. The zero-order valence-corrected chi connectivity index (χ0v) is 17.1. The predicted octanol–water partition coefficient (Wildman–Crippen LogP) is 3.16.